The molecule has 4 rings (SSSR count). The molecule has 1 saturated heterocycles. The third-order valence-corrected chi connectivity index (χ3v) is 6.98. The molecule has 0 aliphatic carbocycles. The maximum absolute atomic E-state index is 13.2. The summed E-state index contributed by atoms with van der Waals surface area (Å²) >= 11 is 1.50. The van der Waals surface area contributed by atoms with Crippen LogP contribution in [0, 0.1) is 5.92 Å². The molecule has 9 nitrogen and oxygen atoms in total. The minimum Gasteiger partial charge on any atom is -0.466 e. The van der Waals surface area contributed by atoms with Crippen LogP contribution in [-0.4, -0.2) is 61.6 Å². The Hall–Kier alpha value is -2.36. The van der Waals surface area contributed by atoms with Crippen molar-refractivity contribution in [3.8, 4) is 0 Å². The summed E-state index contributed by atoms with van der Waals surface area (Å²) in [6, 6.07) is -0.224. The molecule has 4 heterocycles. The molecule has 168 valence electrons. The minimum absolute atomic E-state index is 0.0122. The van der Waals surface area contributed by atoms with E-state index in [1.165, 1.54) is 11.8 Å². The molecule has 0 saturated carbocycles. The molecule has 2 aliphatic heterocycles. The fourth-order valence-corrected chi connectivity index (χ4v) is 5.36. The number of fused-ring (bicyclic) bond motifs is 2. The van der Waals surface area contributed by atoms with Crippen LogP contribution >= 0.6 is 11.8 Å². The predicted molar refractivity (Wildman–Crippen MR) is 117 cm³/mol. The van der Waals surface area contributed by atoms with E-state index in [1.807, 2.05) is 20.8 Å². The Kier molecular flexibility index (Phi) is 5.85. The van der Waals surface area contributed by atoms with Crippen molar-refractivity contribution in [2.24, 2.45) is 5.92 Å². The van der Waals surface area contributed by atoms with Crippen LogP contribution in [0.3, 0.4) is 0 Å². The van der Waals surface area contributed by atoms with Crippen molar-refractivity contribution < 1.29 is 14.3 Å². The van der Waals surface area contributed by atoms with Gasteiger partial charge >= 0.3 is 5.97 Å². The number of amides is 1. The zero-order chi connectivity index (χ0) is 22.3. The highest BCUT2D eigenvalue weighted by Crippen LogP contribution is 2.34. The minimum atomic E-state index is -0.283. The largest absolute Gasteiger partial charge is 0.466 e. The lowest BCUT2D eigenvalue weighted by Gasteiger charge is -2.31. The van der Waals surface area contributed by atoms with Crippen molar-refractivity contribution in [1.82, 2.24) is 24.2 Å². The van der Waals surface area contributed by atoms with E-state index in [9.17, 15) is 14.4 Å². The number of ether oxygens (including phenoxy) is 1. The van der Waals surface area contributed by atoms with Crippen molar-refractivity contribution in [2.45, 2.75) is 63.7 Å². The van der Waals surface area contributed by atoms with E-state index in [1.54, 1.807) is 27.3 Å². The van der Waals surface area contributed by atoms with Crippen LogP contribution < -0.4 is 5.56 Å². The van der Waals surface area contributed by atoms with Crippen LogP contribution in [0.25, 0.3) is 11.0 Å². The molecule has 1 unspecified atom stereocenters. The van der Waals surface area contributed by atoms with Gasteiger partial charge in [0.1, 0.15) is 5.39 Å². The van der Waals surface area contributed by atoms with Crippen molar-refractivity contribution in [2.75, 3.05) is 25.4 Å². The zero-order valence-electron chi connectivity index (χ0n) is 18.5. The second-order valence-corrected chi connectivity index (χ2v) is 10.1. The number of rotatable bonds is 4. The van der Waals surface area contributed by atoms with Gasteiger partial charge in [0.2, 0.25) is 5.91 Å². The van der Waals surface area contributed by atoms with Crippen molar-refractivity contribution >= 4 is 34.7 Å². The molecule has 0 bridgehead atoms. The first-order valence-electron chi connectivity index (χ1n) is 10.8. The van der Waals surface area contributed by atoms with Crippen LogP contribution in [0.2, 0.25) is 0 Å². The standard InChI is InChI=1S/C21H29N5O4S/c1-5-30-19(29)13-6-8-24(9-7-13)16(27)10-14-12-31-20-23-17-15(18(28)25(14)20)11-22-26(17)21(2,3)4/h11,13-14H,5-10,12H2,1-4H3. The summed E-state index contributed by atoms with van der Waals surface area (Å²) in [4.78, 5) is 44.5. The average Bonchev–Trinajstić information content (AvgIpc) is 3.33. The summed E-state index contributed by atoms with van der Waals surface area (Å²) in [5, 5.41) is 5.50. The Morgan fingerprint density at radius 2 is 1.97 bits per heavy atom. The molecule has 0 spiro atoms. The zero-order valence-corrected chi connectivity index (χ0v) is 19.3. The van der Waals surface area contributed by atoms with E-state index in [0.717, 1.165) is 0 Å². The smallest absolute Gasteiger partial charge is 0.309 e. The molecule has 2 aliphatic rings. The number of esters is 1. The lowest BCUT2D eigenvalue weighted by Crippen LogP contribution is -2.41. The number of hydrogen-bond acceptors (Lipinski definition) is 7. The fraction of sp³-hybridized carbons (Fsp3) is 0.667. The Morgan fingerprint density at radius 3 is 2.61 bits per heavy atom. The predicted octanol–water partition coefficient (Wildman–Crippen LogP) is 2.19. The number of likely N-dealkylation sites (tertiary alicyclic amines) is 1. The Morgan fingerprint density at radius 1 is 1.26 bits per heavy atom. The van der Waals surface area contributed by atoms with Crippen LogP contribution in [0.4, 0.5) is 0 Å². The molecule has 1 fully saturated rings. The highest BCUT2D eigenvalue weighted by Gasteiger charge is 2.33. The molecule has 31 heavy (non-hydrogen) atoms. The molecule has 1 amide bonds. The van der Waals surface area contributed by atoms with Crippen molar-refractivity contribution in [3.63, 3.8) is 0 Å². The molecule has 0 radical (unpaired) electrons. The lowest BCUT2D eigenvalue weighted by atomic mass is 9.96. The highest BCUT2D eigenvalue weighted by atomic mass is 32.2. The van der Waals surface area contributed by atoms with Crippen molar-refractivity contribution in [1.29, 1.82) is 0 Å². The van der Waals surface area contributed by atoms with Gasteiger partial charge in [-0.3, -0.25) is 19.0 Å². The fourth-order valence-electron chi connectivity index (χ4n) is 4.23. The van der Waals surface area contributed by atoms with E-state index < -0.39 is 0 Å². The first-order chi connectivity index (χ1) is 14.7. The van der Waals surface area contributed by atoms with Gasteiger partial charge in [-0.1, -0.05) is 11.8 Å². The summed E-state index contributed by atoms with van der Waals surface area (Å²) in [5.74, 6) is 0.348. The van der Waals surface area contributed by atoms with Crippen LogP contribution in [-0.2, 0) is 19.9 Å². The van der Waals surface area contributed by atoms with E-state index in [2.05, 4.69) is 5.10 Å². The third kappa shape index (κ3) is 4.09. The maximum Gasteiger partial charge on any atom is 0.309 e. The SMILES string of the molecule is CCOC(=O)C1CCN(C(=O)CC2CSc3nc4c(cnn4C(C)(C)C)c(=O)n32)CC1. The van der Waals surface area contributed by atoms with Gasteiger partial charge in [0, 0.05) is 25.3 Å². The van der Waals surface area contributed by atoms with Crippen molar-refractivity contribution in [3.05, 3.63) is 16.6 Å². The lowest BCUT2D eigenvalue weighted by molar-refractivity contribution is -0.151. The second-order valence-electron chi connectivity index (χ2n) is 9.11. The quantitative estimate of drug-likeness (QED) is 0.523. The summed E-state index contributed by atoms with van der Waals surface area (Å²) in [6.07, 6.45) is 3.07. The van der Waals surface area contributed by atoms with Gasteiger partial charge in [0.25, 0.3) is 5.56 Å². The molecule has 10 heteroatoms. The number of thioether (sulfide) groups is 1. The Balaban J connectivity index is 1.48. The highest BCUT2D eigenvalue weighted by molar-refractivity contribution is 7.99. The average molecular weight is 448 g/mol. The van der Waals surface area contributed by atoms with E-state index >= 15 is 0 Å². The number of aromatic nitrogens is 4. The van der Waals surface area contributed by atoms with Gasteiger partial charge in [0.15, 0.2) is 10.8 Å². The number of piperidine rings is 1. The van der Waals surface area contributed by atoms with E-state index in [0.29, 0.717) is 54.5 Å². The Labute approximate surface area is 185 Å². The van der Waals surface area contributed by atoms with Crippen LogP contribution in [0.15, 0.2) is 16.1 Å². The summed E-state index contributed by atoms with van der Waals surface area (Å²) in [5.41, 5.74) is 0.164. The molecule has 1 atom stereocenters. The van der Waals surface area contributed by atoms with Crippen LogP contribution in [0.5, 0.6) is 0 Å². The first-order valence-corrected chi connectivity index (χ1v) is 11.8. The van der Waals surface area contributed by atoms with E-state index in [4.69, 9.17) is 9.72 Å². The van der Waals surface area contributed by atoms with Crippen LogP contribution in [0.1, 0.15) is 53.0 Å². The summed E-state index contributed by atoms with van der Waals surface area (Å²) in [6.45, 7) is 9.32. The topological polar surface area (TPSA) is 99.3 Å². The Bertz CT molecular complexity index is 1060. The number of nitrogens with zero attached hydrogens (tertiary/aromatic N) is 5. The number of carbonyl (C=O) groups is 2. The normalized spacial score (nSPS) is 19.6. The second kappa shape index (κ2) is 8.29. The van der Waals surface area contributed by atoms with Gasteiger partial charge < -0.3 is 9.64 Å². The molecule has 0 N–H and O–H groups in total. The number of hydrogen-bond donors (Lipinski definition) is 0. The number of carbonyl (C=O) groups excluding carboxylic acids is 2. The summed E-state index contributed by atoms with van der Waals surface area (Å²) < 4.78 is 8.53. The summed E-state index contributed by atoms with van der Waals surface area (Å²) in [7, 11) is 0. The van der Waals surface area contributed by atoms with Gasteiger partial charge in [-0.15, -0.1) is 0 Å². The van der Waals surface area contributed by atoms with Gasteiger partial charge in [-0.2, -0.15) is 5.10 Å². The molecule has 2 aromatic heterocycles. The van der Waals surface area contributed by atoms with Gasteiger partial charge in [0.05, 0.1) is 30.3 Å². The monoisotopic (exact) mass is 447 g/mol. The molecular weight excluding hydrogens is 418 g/mol. The molecule has 0 aromatic carbocycles. The van der Waals surface area contributed by atoms with E-state index in [-0.39, 0.29) is 41.4 Å². The maximum atomic E-state index is 13.2. The molecular formula is C21H29N5O4S. The molecule has 2 aromatic rings. The third-order valence-electron chi connectivity index (χ3n) is 5.88. The first kappa shape index (κ1) is 21.9. The van der Waals surface area contributed by atoms with Gasteiger partial charge in [-0.25, -0.2) is 9.67 Å². The van der Waals surface area contributed by atoms with Gasteiger partial charge in [-0.05, 0) is 40.5 Å².